The zero-order chi connectivity index (χ0) is 8.97. The number of aromatic nitrogens is 1. The van der Waals surface area contributed by atoms with Crippen LogP contribution >= 0.6 is 0 Å². The Labute approximate surface area is 86.9 Å². The Morgan fingerprint density at radius 2 is 1.77 bits per heavy atom. The molecule has 1 aromatic carbocycles. The van der Waals surface area contributed by atoms with Crippen molar-refractivity contribution in [2.45, 2.75) is 0 Å². The number of fused-ring (bicyclic) bond motifs is 1. The third kappa shape index (κ3) is 2.46. The number of para-hydroxylation sites is 1. The fourth-order valence-corrected chi connectivity index (χ4v) is 1.06. The standard InChI is InChI=1S/C8H6NO.CH3.O.Zn/c10-9-6-5-7-3-1-2-4-8(7)9;;;/h1-6H;1H3;;/q2*-1;;. The van der Waals surface area contributed by atoms with Crippen LogP contribution in [-0.2, 0) is 21.8 Å². The van der Waals surface area contributed by atoms with Gasteiger partial charge in [0.1, 0.15) is 0 Å². The Balaban J connectivity index is 0.000000451. The van der Waals surface area contributed by atoms with Gasteiger partial charge in [-0.1, -0.05) is 18.2 Å². The first-order valence-electron chi connectivity index (χ1n) is 3.40. The molecule has 4 heteroatoms. The van der Waals surface area contributed by atoms with Crippen molar-refractivity contribution in [1.82, 2.24) is 4.73 Å². The molecule has 0 unspecified atom stereocenters. The molecule has 0 bridgehead atoms. The Morgan fingerprint density at radius 1 is 1.15 bits per heavy atom. The quantitative estimate of drug-likeness (QED) is 0.513. The first-order chi connectivity index (χ1) is 5.88. The summed E-state index contributed by atoms with van der Waals surface area (Å²) < 4.78 is 9.25. The second-order valence-electron chi connectivity index (χ2n) is 2.20. The normalized spacial score (nSPS) is 8.46. The summed E-state index contributed by atoms with van der Waals surface area (Å²) in [5.74, 6) is 0. The average molecular weight is 229 g/mol. The van der Waals surface area contributed by atoms with Crippen molar-refractivity contribution >= 4 is 10.9 Å². The zero-order valence-corrected chi connectivity index (χ0v) is 10.4. The van der Waals surface area contributed by atoms with Crippen LogP contribution in [-0.4, -0.2) is 4.73 Å². The molecule has 0 N–H and O–H groups in total. The van der Waals surface area contributed by atoms with Gasteiger partial charge in [-0.25, -0.2) is 0 Å². The second-order valence-corrected chi connectivity index (χ2v) is 2.20. The number of hydrogen-bond acceptors (Lipinski definition) is 2. The number of nitrogens with zero attached hydrogens (tertiary/aromatic N) is 1. The van der Waals surface area contributed by atoms with Gasteiger partial charge in [-0.2, -0.15) is 0 Å². The van der Waals surface area contributed by atoms with E-state index in [1.54, 1.807) is 0 Å². The zero-order valence-electron chi connectivity index (χ0n) is 7.43. The second kappa shape index (κ2) is 5.60. The van der Waals surface area contributed by atoms with Crippen molar-refractivity contribution in [3.8, 4) is 0 Å². The van der Waals surface area contributed by atoms with E-state index < -0.39 is 0 Å². The van der Waals surface area contributed by atoms with Gasteiger partial charge in [0.05, 0.1) is 0 Å². The monoisotopic (exact) mass is 227 g/mol. The maximum atomic E-state index is 10.9. The van der Waals surface area contributed by atoms with E-state index in [-0.39, 0.29) is 25.7 Å². The van der Waals surface area contributed by atoms with E-state index in [4.69, 9.17) is 3.57 Å². The van der Waals surface area contributed by atoms with E-state index in [1.807, 2.05) is 30.3 Å². The van der Waals surface area contributed by atoms with Crippen LogP contribution in [0.1, 0.15) is 0 Å². The predicted octanol–water partition coefficient (Wildman–Crippen LogP) is 2.32. The van der Waals surface area contributed by atoms with Gasteiger partial charge in [0.15, 0.2) is 0 Å². The molecular weight excluding hydrogens is 219 g/mol. The van der Waals surface area contributed by atoms with Gasteiger partial charge >= 0.3 is 21.8 Å². The van der Waals surface area contributed by atoms with Gasteiger partial charge in [0.2, 0.25) is 0 Å². The summed E-state index contributed by atoms with van der Waals surface area (Å²) in [6, 6.07) is 9.31. The summed E-state index contributed by atoms with van der Waals surface area (Å²) in [7, 11) is 0. The number of rotatable bonds is 0. The Morgan fingerprint density at radius 3 is 2.38 bits per heavy atom. The summed E-state index contributed by atoms with van der Waals surface area (Å²) in [6.07, 6.45) is 1.52. The SMILES string of the molecule is [CH3-].[O-]n1ccc2ccccc21.[O]=[Zn]. The van der Waals surface area contributed by atoms with Crippen LogP contribution in [0.25, 0.3) is 10.9 Å². The Hall–Kier alpha value is -1.02. The van der Waals surface area contributed by atoms with Gasteiger partial charge < -0.3 is 17.4 Å². The number of benzene rings is 1. The van der Waals surface area contributed by atoms with E-state index >= 15 is 0 Å². The van der Waals surface area contributed by atoms with Crippen LogP contribution in [0.4, 0.5) is 0 Å². The molecule has 2 aromatic rings. The summed E-state index contributed by atoms with van der Waals surface area (Å²) in [4.78, 5) is 0. The van der Waals surface area contributed by atoms with Crippen molar-refractivity contribution in [1.29, 1.82) is 0 Å². The topological polar surface area (TPSA) is 45.1 Å². The van der Waals surface area contributed by atoms with Crippen LogP contribution < -0.4 is 0 Å². The summed E-state index contributed by atoms with van der Waals surface area (Å²) in [5.41, 5.74) is 0.738. The molecule has 0 saturated carbocycles. The predicted molar refractivity (Wildman–Crippen MR) is 47.8 cm³/mol. The molecule has 0 spiro atoms. The molecule has 66 valence electrons. The molecular formula is C9H9NO2Zn-2. The average Bonchev–Trinajstić information content (AvgIpc) is 2.53. The third-order valence-electron chi connectivity index (χ3n) is 1.56. The molecule has 0 saturated heterocycles. The van der Waals surface area contributed by atoms with E-state index in [2.05, 4.69) is 0 Å². The molecule has 3 nitrogen and oxygen atoms in total. The fraction of sp³-hybridized carbons (Fsp3) is 0. The number of hydrogen-bond donors (Lipinski definition) is 0. The van der Waals surface area contributed by atoms with E-state index in [1.165, 1.54) is 6.20 Å². The minimum atomic E-state index is 0. The Kier molecular flexibility index (Phi) is 5.16. The van der Waals surface area contributed by atoms with E-state index in [9.17, 15) is 5.21 Å². The molecule has 0 aliphatic carbocycles. The molecule has 0 radical (unpaired) electrons. The summed E-state index contributed by atoms with van der Waals surface area (Å²) in [6.45, 7) is 0. The van der Waals surface area contributed by atoms with E-state index in [0.717, 1.165) is 15.6 Å². The van der Waals surface area contributed by atoms with Crippen LogP contribution in [0.3, 0.4) is 0 Å². The van der Waals surface area contributed by atoms with E-state index in [0.29, 0.717) is 0 Å². The van der Waals surface area contributed by atoms with Crippen molar-refractivity contribution < 1.29 is 21.8 Å². The first-order valence-corrected chi connectivity index (χ1v) is 4.61. The molecule has 0 aliphatic rings. The van der Waals surface area contributed by atoms with Gasteiger partial charge in [-0.05, 0) is 23.7 Å². The van der Waals surface area contributed by atoms with Crippen LogP contribution in [0.15, 0.2) is 36.5 Å². The fourth-order valence-electron chi connectivity index (χ4n) is 1.06. The van der Waals surface area contributed by atoms with Crippen molar-refractivity contribution in [2.75, 3.05) is 0 Å². The van der Waals surface area contributed by atoms with Gasteiger partial charge in [0, 0.05) is 5.52 Å². The van der Waals surface area contributed by atoms with Crippen molar-refractivity contribution in [3.05, 3.63) is 49.2 Å². The van der Waals surface area contributed by atoms with Crippen molar-refractivity contribution in [2.24, 2.45) is 0 Å². The molecule has 0 fully saturated rings. The Bertz CT molecular complexity index is 372. The van der Waals surface area contributed by atoms with Gasteiger partial charge in [-0.15, -0.1) is 0 Å². The van der Waals surface area contributed by atoms with Crippen LogP contribution in [0.2, 0.25) is 0 Å². The van der Waals surface area contributed by atoms with Crippen molar-refractivity contribution in [3.63, 3.8) is 0 Å². The summed E-state index contributed by atoms with van der Waals surface area (Å²) >= 11 is 0.125. The summed E-state index contributed by atoms with van der Waals surface area (Å²) in [5, 5.41) is 11.9. The van der Waals surface area contributed by atoms with Crippen LogP contribution in [0.5, 0.6) is 0 Å². The molecule has 0 amide bonds. The third-order valence-corrected chi connectivity index (χ3v) is 1.56. The molecule has 1 aromatic heterocycles. The minimum absolute atomic E-state index is 0. The van der Waals surface area contributed by atoms with Crippen LogP contribution in [0, 0.1) is 12.6 Å². The molecule has 1 heterocycles. The molecule has 0 atom stereocenters. The molecule has 2 rings (SSSR count). The molecule has 0 aliphatic heterocycles. The first kappa shape index (κ1) is 12.0. The van der Waals surface area contributed by atoms with Gasteiger partial charge in [-0.3, -0.25) is 0 Å². The molecule has 13 heavy (non-hydrogen) atoms. The van der Waals surface area contributed by atoms with Gasteiger partial charge in [0.25, 0.3) is 0 Å². The maximum absolute atomic E-state index is 10.9.